The van der Waals surface area contributed by atoms with Crippen molar-refractivity contribution in [3.63, 3.8) is 0 Å². The number of benzene rings is 2. The molecule has 0 saturated carbocycles. The van der Waals surface area contributed by atoms with Crippen LogP contribution in [0.15, 0.2) is 42.5 Å². The minimum absolute atomic E-state index is 0.0249. The molecule has 4 heteroatoms. The molecule has 0 bridgehead atoms. The molecular formula is C17H17ClN2O. The lowest BCUT2D eigenvalue weighted by molar-refractivity contribution is -0.119. The van der Waals surface area contributed by atoms with E-state index < -0.39 is 0 Å². The van der Waals surface area contributed by atoms with E-state index in [1.54, 1.807) is 6.07 Å². The van der Waals surface area contributed by atoms with Gasteiger partial charge in [-0.05, 0) is 42.7 Å². The Morgan fingerprint density at radius 3 is 2.90 bits per heavy atom. The first-order valence-electron chi connectivity index (χ1n) is 7.02. The topological polar surface area (TPSA) is 41.1 Å². The van der Waals surface area contributed by atoms with Gasteiger partial charge in [-0.25, -0.2) is 0 Å². The highest BCUT2D eigenvalue weighted by Crippen LogP contribution is 2.26. The average Bonchev–Trinajstić information content (AvgIpc) is 2.50. The van der Waals surface area contributed by atoms with Gasteiger partial charge in [0.25, 0.3) is 0 Å². The molecule has 1 atom stereocenters. The fraction of sp³-hybridized carbons (Fsp3) is 0.235. The minimum Gasteiger partial charge on any atom is -0.384 e. The van der Waals surface area contributed by atoms with Crippen molar-refractivity contribution in [2.75, 3.05) is 17.2 Å². The van der Waals surface area contributed by atoms with Crippen LogP contribution in [0.2, 0.25) is 5.02 Å². The lowest BCUT2D eigenvalue weighted by Crippen LogP contribution is -2.33. The quantitative estimate of drug-likeness (QED) is 0.884. The largest absolute Gasteiger partial charge is 0.384 e. The van der Waals surface area contributed by atoms with Gasteiger partial charge in [-0.15, -0.1) is 0 Å². The second-order valence-corrected chi connectivity index (χ2v) is 5.80. The van der Waals surface area contributed by atoms with Gasteiger partial charge in [0.15, 0.2) is 0 Å². The van der Waals surface area contributed by atoms with Gasteiger partial charge in [0.05, 0.1) is 5.92 Å². The van der Waals surface area contributed by atoms with Gasteiger partial charge in [0.1, 0.15) is 0 Å². The summed E-state index contributed by atoms with van der Waals surface area (Å²) in [4.78, 5) is 12.4. The SMILES string of the molecule is Cc1ccc(NC(=O)C2CNc3ccccc3C2)cc1Cl. The normalized spacial score (nSPS) is 16.8. The van der Waals surface area contributed by atoms with Crippen molar-refractivity contribution in [3.05, 3.63) is 58.6 Å². The zero-order valence-electron chi connectivity index (χ0n) is 11.8. The third-order valence-corrected chi connectivity index (χ3v) is 4.24. The molecule has 3 rings (SSSR count). The van der Waals surface area contributed by atoms with Crippen molar-refractivity contribution in [2.24, 2.45) is 5.92 Å². The van der Waals surface area contributed by atoms with Crippen molar-refractivity contribution in [3.8, 4) is 0 Å². The first-order chi connectivity index (χ1) is 10.1. The van der Waals surface area contributed by atoms with E-state index in [9.17, 15) is 4.79 Å². The fourth-order valence-electron chi connectivity index (χ4n) is 2.54. The van der Waals surface area contributed by atoms with Crippen LogP contribution in [-0.4, -0.2) is 12.5 Å². The molecular weight excluding hydrogens is 284 g/mol. The van der Waals surface area contributed by atoms with Gasteiger partial charge in [0, 0.05) is 22.9 Å². The van der Waals surface area contributed by atoms with E-state index in [4.69, 9.17) is 11.6 Å². The molecule has 2 aromatic carbocycles. The van der Waals surface area contributed by atoms with Gasteiger partial charge in [0.2, 0.25) is 5.91 Å². The number of hydrogen-bond acceptors (Lipinski definition) is 2. The molecule has 0 radical (unpaired) electrons. The minimum atomic E-state index is -0.0695. The zero-order valence-corrected chi connectivity index (χ0v) is 12.6. The number of nitrogens with one attached hydrogen (secondary N) is 2. The molecule has 2 N–H and O–H groups in total. The van der Waals surface area contributed by atoms with Gasteiger partial charge in [-0.1, -0.05) is 35.9 Å². The Labute approximate surface area is 129 Å². The summed E-state index contributed by atoms with van der Waals surface area (Å²) in [5.41, 5.74) is 4.06. The highest BCUT2D eigenvalue weighted by molar-refractivity contribution is 6.31. The molecule has 1 unspecified atom stereocenters. The Balaban J connectivity index is 1.70. The molecule has 0 fully saturated rings. The molecule has 1 heterocycles. The molecule has 0 aliphatic carbocycles. The molecule has 108 valence electrons. The van der Waals surface area contributed by atoms with Crippen molar-refractivity contribution in [2.45, 2.75) is 13.3 Å². The molecule has 1 aliphatic heterocycles. The molecule has 1 amide bonds. The van der Waals surface area contributed by atoms with Crippen molar-refractivity contribution >= 4 is 28.9 Å². The summed E-state index contributed by atoms with van der Waals surface area (Å²) in [7, 11) is 0. The standard InChI is InChI=1S/C17H17ClN2O/c1-11-6-7-14(9-15(11)18)20-17(21)13-8-12-4-2-3-5-16(12)19-10-13/h2-7,9,13,19H,8,10H2,1H3,(H,20,21). The summed E-state index contributed by atoms with van der Waals surface area (Å²) in [6, 6.07) is 13.7. The highest BCUT2D eigenvalue weighted by atomic mass is 35.5. The lowest BCUT2D eigenvalue weighted by Gasteiger charge is -2.25. The zero-order chi connectivity index (χ0) is 14.8. The van der Waals surface area contributed by atoms with Crippen LogP contribution in [0.1, 0.15) is 11.1 Å². The Morgan fingerprint density at radius 2 is 2.10 bits per heavy atom. The number of para-hydroxylation sites is 1. The smallest absolute Gasteiger partial charge is 0.229 e. The lowest BCUT2D eigenvalue weighted by atomic mass is 9.93. The number of halogens is 1. The van der Waals surface area contributed by atoms with E-state index in [1.165, 1.54) is 5.56 Å². The van der Waals surface area contributed by atoms with Gasteiger partial charge in [-0.3, -0.25) is 4.79 Å². The number of hydrogen-bond donors (Lipinski definition) is 2. The van der Waals surface area contributed by atoms with E-state index >= 15 is 0 Å². The third kappa shape index (κ3) is 3.03. The molecule has 0 aromatic heterocycles. The number of rotatable bonds is 2. The summed E-state index contributed by atoms with van der Waals surface area (Å²) in [5, 5.41) is 6.93. The number of carbonyl (C=O) groups excluding carboxylic acids is 1. The van der Waals surface area contributed by atoms with Crippen LogP contribution in [0.5, 0.6) is 0 Å². The monoisotopic (exact) mass is 300 g/mol. The summed E-state index contributed by atoms with van der Waals surface area (Å²) < 4.78 is 0. The van der Waals surface area contributed by atoms with E-state index in [2.05, 4.69) is 16.7 Å². The maximum Gasteiger partial charge on any atom is 0.229 e. The summed E-state index contributed by atoms with van der Waals surface area (Å²) in [5.74, 6) is -0.0445. The predicted octanol–water partition coefficient (Wildman–Crippen LogP) is 3.87. The van der Waals surface area contributed by atoms with Crippen LogP contribution in [0.25, 0.3) is 0 Å². The summed E-state index contributed by atoms with van der Waals surface area (Å²) >= 11 is 6.09. The van der Waals surface area contributed by atoms with Crippen molar-refractivity contribution in [1.29, 1.82) is 0 Å². The number of anilines is 2. The van der Waals surface area contributed by atoms with Crippen LogP contribution in [0.3, 0.4) is 0 Å². The third-order valence-electron chi connectivity index (χ3n) is 3.83. The maximum absolute atomic E-state index is 12.4. The molecule has 0 saturated heterocycles. The molecule has 2 aromatic rings. The van der Waals surface area contributed by atoms with E-state index in [0.29, 0.717) is 11.6 Å². The van der Waals surface area contributed by atoms with Gasteiger partial charge < -0.3 is 10.6 Å². The Kier molecular flexibility index (Phi) is 3.84. The second-order valence-electron chi connectivity index (χ2n) is 5.39. The molecule has 1 aliphatic rings. The van der Waals surface area contributed by atoms with Crippen LogP contribution in [0.4, 0.5) is 11.4 Å². The van der Waals surface area contributed by atoms with Crippen molar-refractivity contribution < 1.29 is 4.79 Å². The highest BCUT2D eigenvalue weighted by Gasteiger charge is 2.24. The average molecular weight is 301 g/mol. The molecule has 0 spiro atoms. The first kappa shape index (κ1) is 14.0. The Bertz CT molecular complexity index is 684. The number of amides is 1. The maximum atomic E-state index is 12.4. The number of carbonyl (C=O) groups is 1. The second kappa shape index (κ2) is 5.78. The summed E-state index contributed by atoms with van der Waals surface area (Å²) in [6.07, 6.45) is 0.759. The predicted molar refractivity (Wildman–Crippen MR) is 86.9 cm³/mol. The van der Waals surface area contributed by atoms with E-state index in [0.717, 1.165) is 23.4 Å². The number of aryl methyl sites for hydroxylation is 1. The molecule has 3 nitrogen and oxygen atoms in total. The van der Waals surface area contributed by atoms with Gasteiger partial charge in [-0.2, -0.15) is 0 Å². The van der Waals surface area contributed by atoms with Gasteiger partial charge >= 0.3 is 0 Å². The van der Waals surface area contributed by atoms with Crippen LogP contribution < -0.4 is 10.6 Å². The Morgan fingerprint density at radius 1 is 1.29 bits per heavy atom. The Hall–Kier alpha value is -2.00. The van der Waals surface area contributed by atoms with Crippen molar-refractivity contribution in [1.82, 2.24) is 0 Å². The van der Waals surface area contributed by atoms with Crippen LogP contribution in [-0.2, 0) is 11.2 Å². The summed E-state index contributed by atoms with van der Waals surface area (Å²) in [6.45, 7) is 2.60. The van der Waals surface area contributed by atoms with Crippen LogP contribution in [0, 0.1) is 12.8 Å². The molecule has 21 heavy (non-hydrogen) atoms. The number of fused-ring (bicyclic) bond motifs is 1. The van der Waals surface area contributed by atoms with E-state index in [1.807, 2.05) is 37.3 Å². The fourth-order valence-corrected chi connectivity index (χ4v) is 2.72. The van der Waals surface area contributed by atoms with Crippen LogP contribution >= 0.6 is 11.6 Å². The first-order valence-corrected chi connectivity index (χ1v) is 7.40. The van der Waals surface area contributed by atoms with E-state index in [-0.39, 0.29) is 11.8 Å².